The lowest BCUT2D eigenvalue weighted by molar-refractivity contribution is -0.139. The molecule has 0 radical (unpaired) electrons. The van der Waals surface area contributed by atoms with Gasteiger partial charge < -0.3 is 9.84 Å². The van der Waals surface area contributed by atoms with Crippen LogP contribution in [0.2, 0.25) is 0 Å². The molecule has 3 heteroatoms. The third-order valence-electron chi connectivity index (χ3n) is 8.70. The quantitative estimate of drug-likeness (QED) is 0.482. The predicted molar refractivity (Wildman–Crippen MR) is 131 cm³/mol. The van der Waals surface area contributed by atoms with Gasteiger partial charge in [0, 0.05) is 0 Å². The van der Waals surface area contributed by atoms with Crippen molar-refractivity contribution in [2.75, 3.05) is 7.11 Å². The van der Waals surface area contributed by atoms with Crippen molar-refractivity contribution in [3.63, 3.8) is 0 Å². The van der Waals surface area contributed by atoms with Crippen molar-refractivity contribution in [2.45, 2.75) is 57.0 Å². The van der Waals surface area contributed by atoms with Crippen molar-refractivity contribution >= 4 is 16.7 Å². The molecular weight excluding hydrogens is 408 g/mol. The van der Waals surface area contributed by atoms with Crippen LogP contribution in [0.4, 0.5) is 0 Å². The lowest BCUT2D eigenvalue weighted by Crippen LogP contribution is -2.49. The number of aliphatic hydroxyl groups excluding tert-OH is 1. The van der Waals surface area contributed by atoms with Crippen molar-refractivity contribution in [3.8, 4) is 11.1 Å². The molecule has 0 heterocycles. The van der Waals surface area contributed by atoms with E-state index in [0.717, 1.165) is 34.3 Å². The molecule has 0 saturated heterocycles. The fraction of sp³-hybridized carbons (Fsp3) is 0.433. The first-order valence-electron chi connectivity index (χ1n) is 12.4. The monoisotopic (exact) mass is 440 g/mol. The second-order valence-electron chi connectivity index (χ2n) is 10.9. The Labute approximate surface area is 195 Å². The highest BCUT2D eigenvalue weighted by atomic mass is 16.5. The third kappa shape index (κ3) is 3.67. The first-order chi connectivity index (χ1) is 16.0. The summed E-state index contributed by atoms with van der Waals surface area (Å²) in [6.07, 6.45) is 8.48. The highest BCUT2D eigenvalue weighted by Gasteiger charge is 2.52. The summed E-state index contributed by atoms with van der Waals surface area (Å²) in [6, 6.07) is 19.5. The number of hydrogen-bond acceptors (Lipinski definition) is 3. The Hall–Kier alpha value is -2.65. The molecule has 4 fully saturated rings. The molecule has 33 heavy (non-hydrogen) atoms. The van der Waals surface area contributed by atoms with Crippen LogP contribution in [0.5, 0.6) is 0 Å². The van der Waals surface area contributed by atoms with E-state index in [-0.39, 0.29) is 18.0 Å². The van der Waals surface area contributed by atoms with E-state index in [2.05, 4.69) is 48.5 Å². The van der Waals surface area contributed by atoms with E-state index in [1.165, 1.54) is 67.7 Å². The smallest absolute Gasteiger partial charge is 0.309 e. The fourth-order valence-corrected chi connectivity index (χ4v) is 7.65. The van der Waals surface area contributed by atoms with Crippen LogP contribution in [0, 0.1) is 17.8 Å². The zero-order chi connectivity index (χ0) is 22.6. The summed E-state index contributed by atoms with van der Waals surface area (Å²) in [4.78, 5) is 11.6. The number of carbonyl (C=O) groups excluding carboxylic acids is 1. The maximum absolute atomic E-state index is 11.6. The molecule has 4 aliphatic rings. The molecule has 3 nitrogen and oxygen atoms in total. The van der Waals surface area contributed by atoms with Crippen LogP contribution in [-0.4, -0.2) is 18.2 Å². The highest BCUT2D eigenvalue weighted by Crippen LogP contribution is 2.61. The zero-order valence-electron chi connectivity index (χ0n) is 19.3. The van der Waals surface area contributed by atoms with Gasteiger partial charge in [-0.15, -0.1) is 0 Å². The number of methoxy groups -OCH3 is 1. The molecule has 3 aromatic rings. The minimum absolute atomic E-state index is 0.123. The van der Waals surface area contributed by atoms with Gasteiger partial charge in [0.2, 0.25) is 0 Å². The molecule has 0 amide bonds. The van der Waals surface area contributed by atoms with Gasteiger partial charge in [0.15, 0.2) is 0 Å². The van der Waals surface area contributed by atoms with E-state index in [1.54, 1.807) is 0 Å². The molecule has 3 aromatic carbocycles. The van der Waals surface area contributed by atoms with Crippen LogP contribution in [0.3, 0.4) is 0 Å². The van der Waals surface area contributed by atoms with Crippen molar-refractivity contribution in [1.82, 2.24) is 0 Å². The largest absolute Gasteiger partial charge is 0.469 e. The van der Waals surface area contributed by atoms with Gasteiger partial charge in [-0.2, -0.15) is 0 Å². The lowest BCUT2D eigenvalue weighted by Gasteiger charge is -2.57. The molecule has 4 aliphatic carbocycles. The van der Waals surface area contributed by atoms with Gasteiger partial charge in [0.1, 0.15) is 0 Å². The Bertz CT molecular complexity index is 1190. The standard InChI is InChI=1S/C30H32O3/c1-33-29(32)12-19-2-3-24-13-25(5-4-23(24)11-19)26-6-7-27(18-31)28(14-26)30-15-20-8-21(16-30)10-22(9-20)17-30/h2-7,11,13-14,20-22,31H,8-10,12,15-18H2,1H3. The van der Waals surface area contributed by atoms with E-state index in [0.29, 0.717) is 6.42 Å². The van der Waals surface area contributed by atoms with Gasteiger partial charge in [0.25, 0.3) is 0 Å². The summed E-state index contributed by atoms with van der Waals surface area (Å²) in [5.41, 5.74) is 6.21. The Morgan fingerprint density at radius 3 is 2.15 bits per heavy atom. The highest BCUT2D eigenvalue weighted by molar-refractivity contribution is 5.88. The number of carbonyl (C=O) groups is 1. The van der Waals surface area contributed by atoms with Crippen LogP contribution < -0.4 is 0 Å². The molecule has 0 unspecified atom stereocenters. The Morgan fingerprint density at radius 1 is 0.879 bits per heavy atom. The van der Waals surface area contributed by atoms with E-state index in [9.17, 15) is 9.90 Å². The Morgan fingerprint density at radius 2 is 1.48 bits per heavy atom. The average molecular weight is 441 g/mol. The summed E-state index contributed by atoms with van der Waals surface area (Å²) in [7, 11) is 1.43. The minimum Gasteiger partial charge on any atom is -0.469 e. The number of benzene rings is 3. The topological polar surface area (TPSA) is 46.5 Å². The van der Waals surface area contributed by atoms with Crippen molar-refractivity contribution in [3.05, 3.63) is 71.3 Å². The summed E-state index contributed by atoms with van der Waals surface area (Å²) >= 11 is 0. The Balaban J connectivity index is 1.37. The first kappa shape index (κ1) is 20.9. The molecule has 4 saturated carbocycles. The summed E-state index contributed by atoms with van der Waals surface area (Å²) in [5.74, 6) is 2.43. The Kier molecular flexibility index (Phi) is 5.06. The van der Waals surface area contributed by atoms with E-state index in [1.807, 2.05) is 6.07 Å². The van der Waals surface area contributed by atoms with Crippen molar-refractivity contribution in [1.29, 1.82) is 0 Å². The lowest BCUT2D eigenvalue weighted by atomic mass is 9.47. The molecule has 4 bridgehead atoms. The maximum Gasteiger partial charge on any atom is 0.309 e. The van der Waals surface area contributed by atoms with E-state index in [4.69, 9.17) is 4.74 Å². The molecule has 0 spiro atoms. The number of fused-ring (bicyclic) bond motifs is 1. The SMILES string of the molecule is COC(=O)Cc1ccc2cc(-c3ccc(CO)c(C45CC6CC(CC(C6)C4)C5)c3)ccc2c1. The molecular formula is C30H32O3. The zero-order valence-corrected chi connectivity index (χ0v) is 19.3. The molecule has 1 N–H and O–H groups in total. The summed E-state index contributed by atoms with van der Waals surface area (Å²) < 4.78 is 4.80. The second-order valence-corrected chi connectivity index (χ2v) is 10.9. The van der Waals surface area contributed by atoms with Crippen LogP contribution in [-0.2, 0) is 28.0 Å². The van der Waals surface area contributed by atoms with Gasteiger partial charge in [-0.05, 0) is 106 Å². The average Bonchev–Trinajstić information content (AvgIpc) is 2.82. The number of esters is 1. The van der Waals surface area contributed by atoms with Gasteiger partial charge in [0.05, 0.1) is 20.1 Å². The van der Waals surface area contributed by atoms with Crippen molar-refractivity contribution < 1.29 is 14.6 Å². The van der Waals surface area contributed by atoms with Gasteiger partial charge >= 0.3 is 5.97 Å². The number of rotatable bonds is 5. The van der Waals surface area contributed by atoms with E-state index >= 15 is 0 Å². The fourth-order valence-electron chi connectivity index (χ4n) is 7.65. The number of ether oxygens (including phenoxy) is 1. The minimum atomic E-state index is -0.216. The summed E-state index contributed by atoms with van der Waals surface area (Å²) in [5, 5.41) is 12.5. The number of hydrogen-bond donors (Lipinski definition) is 1. The van der Waals surface area contributed by atoms with Crippen LogP contribution in [0.15, 0.2) is 54.6 Å². The predicted octanol–water partition coefficient (Wildman–Crippen LogP) is 6.18. The maximum atomic E-state index is 11.6. The molecule has 0 aromatic heterocycles. The molecule has 0 atom stereocenters. The van der Waals surface area contributed by atoms with Gasteiger partial charge in [-0.25, -0.2) is 0 Å². The van der Waals surface area contributed by atoms with E-state index < -0.39 is 0 Å². The third-order valence-corrected chi connectivity index (χ3v) is 8.70. The van der Waals surface area contributed by atoms with Crippen LogP contribution >= 0.6 is 0 Å². The van der Waals surface area contributed by atoms with Gasteiger partial charge in [-0.3, -0.25) is 4.79 Å². The number of aliphatic hydroxyl groups is 1. The van der Waals surface area contributed by atoms with Crippen LogP contribution in [0.25, 0.3) is 21.9 Å². The molecule has 7 rings (SSSR count). The first-order valence-corrected chi connectivity index (χ1v) is 12.4. The summed E-state index contributed by atoms with van der Waals surface area (Å²) in [6.45, 7) is 0.123. The van der Waals surface area contributed by atoms with Crippen molar-refractivity contribution in [2.24, 2.45) is 17.8 Å². The molecule has 0 aliphatic heterocycles. The molecule has 170 valence electrons. The normalized spacial score (nSPS) is 27.8. The van der Waals surface area contributed by atoms with Gasteiger partial charge in [-0.1, -0.05) is 48.5 Å². The van der Waals surface area contributed by atoms with Crippen LogP contribution in [0.1, 0.15) is 55.2 Å². The second kappa shape index (κ2) is 7.99.